The van der Waals surface area contributed by atoms with Gasteiger partial charge >= 0.3 is 0 Å². The summed E-state index contributed by atoms with van der Waals surface area (Å²) in [6.45, 7) is 3.09. The molecule has 0 aromatic heterocycles. The van der Waals surface area contributed by atoms with Crippen LogP contribution >= 0.6 is 11.6 Å². The van der Waals surface area contributed by atoms with Crippen LogP contribution in [0, 0.1) is 11.3 Å². The third-order valence-corrected chi connectivity index (χ3v) is 8.65. The number of hydrogen-bond donors (Lipinski definition) is 0. The summed E-state index contributed by atoms with van der Waals surface area (Å²) in [6.07, 6.45) is 18.3. The van der Waals surface area contributed by atoms with Gasteiger partial charge in [0, 0.05) is 17.6 Å². The van der Waals surface area contributed by atoms with Crippen molar-refractivity contribution in [3.8, 4) is 11.8 Å². The third-order valence-electron chi connectivity index (χ3n) is 8.41. The standard InChI is InChI=1S/C35H50ClN3O2/c1-3-4-5-6-7-8-9-10-11-12-22-35(27-37,31-19-21-34-30(25-31)26-40-28-41-34)23-14-17-33(39-38-2)20-18-29-15-13-16-32(36)24-29/h13,15-16,19,21,24-25,33H,3-12,14,17-18,20,22-23,26,28H2,1-2H3. The normalized spacial score (nSPS) is 15.2. The maximum Gasteiger partial charge on any atom is 0.189 e. The summed E-state index contributed by atoms with van der Waals surface area (Å²) in [7, 11) is 1.74. The Morgan fingerprint density at radius 2 is 1.66 bits per heavy atom. The van der Waals surface area contributed by atoms with E-state index in [1.165, 1.54) is 63.4 Å². The summed E-state index contributed by atoms with van der Waals surface area (Å²) in [5, 5.41) is 20.1. The molecule has 6 heteroatoms. The van der Waals surface area contributed by atoms with Crippen molar-refractivity contribution in [3.05, 3.63) is 64.2 Å². The fourth-order valence-electron chi connectivity index (χ4n) is 5.98. The molecule has 0 amide bonds. The molecule has 2 aromatic rings. The van der Waals surface area contributed by atoms with E-state index in [9.17, 15) is 5.26 Å². The Hall–Kier alpha value is -2.42. The summed E-state index contributed by atoms with van der Waals surface area (Å²) < 4.78 is 11.2. The van der Waals surface area contributed by atoms with E-state index in [1.807, 2.05) is 24.3 Å². The van der Waals surface area contributed by atoms with Gasteiger partial charge in [0.15, 0.2) is 6.79 Å². The van der Waals surface area contributed by atoms with Crippen molar-refractivity contribution in [2.45, 2.75) is 128 Å². The third kappa shape index (κ3) is 11.4. The van der Waals surface area contributed by atoms with Crippen LogP contribution in [0.4, 0.5) is 0 Å². The molecule has 0 fully saturated rings. The van der Waals surface area contributed by atoms with Crippen molar-refractivity contribution in [1.82, 2.24) is 0 Å². The van der Waals surface area contributed by atoms with Crippen molar-refractivity contribution < 1.29 is 9.47 Å². The van der Waals surface area contributed by atoms with Gasteiger partial charge in [0.1, 0.15) is 5.75 Å². The first-order valence-electron chi connectivity index (χ1n) is 15.9. The van der Waals surface area contributed by atoms with Gasteiger partial charge in [-0.2, -0.15) is 15.5 Å². The van der Waals surface area contributed by atoms with Crippen LogP contribution in [0.1, 0.15) is 120 Å². The molecular formula is C35H50ClN3O2. The lowest BCUT2D eigenvalue weighted by molar-refractivity contribution is -0.0164. The van der Waals surface area contributed by atoms with Crippen LogP contribution in [0.2, 0.25) is 5.02 Å². The van der Waals surface area contributed by atoms with Crippen molar-refractivity contribution in [1.29, 1.82) is 5.26 Å². The molecular weight excluding hydrogens is 530 g/mol. The predicted octanol–water partition coefficient (Wildman–Crippen LogP) is 10.5. The monoisotopic (exact) mass is 579 g/mol. The quantitative estimate of drug-likeness (QED) is 0.116. The first-order chi connectivity index (χ1) is 20.1. The van der Waals surface area contributed by atoms with Crippen LogP contribution < -0.4 is 4.74 Å². The summed E-state index contributed by atoms with van der Waals surface area (Å²) in [5.74, 6) is 0.871. The van der Waals surface area contributed by atoms with Gasteiger partial charge in [-0.15, -0.1) is 0 Å². The van der Waals surface area contributed by atoms with E-state index in [1.54, 1.807) is 7.05 Å². The number of nitriles is 1. The molecule has 41 heavy (non-hydrogen) atoms. The summed E-state index contributed by atoms with van der Waals surface area (Å²) in [6, 6.07) is 17.2. The van der Waals surface area contributed by atoms with Crippen LogP contribution in [0.15, 0.2) is 52.7 Å². The average molecular weight is 580 g/mol. The number of aryl methyl sites for hydroxylation is 1. The smallest absolute Gasteiger partial charge is 0.189 e. The Labute approximate surface area is 253 Å². The molecule has 0 saturated carbocycles. The van der Waals surface area contributed by atoms with Crippen molar-refractivity contribution in [2.24, 2.45) is 10.2 Å². The Morgan fingerprint density at radius 1 is 0.927 bits per heavy atom. The highest BCUT2D eigenvalue weighted by Crippen LogP contribution is 2.38. The lowest BCUT2D eigenvalue weighted by Crippen LogP contribution is -2.26. The number of hydrogen-bond acceptors (Lipinski definition) is 5. The largest absolute Gasteiger partial charge is 0.467 e. The predicted molar refractivity (Wildman–Crippen MR) is 169 cm³/mol. The molecule has 1 aliphatic rings. The van der Waals surface area contributed by atoms with Crippen LogP contribution in [-0.4, -0.2) is 19.9 Å². The Bertz CT molecular complexity index is 1100. The minimum absolute atomic E-state index is 0.137. The molecule has 0 radical (unpaired) electrons. The van der Waals surface area contributed by atoms with Gasteiger partial charge in [0.25, 0.3) is 0 Å². The van der Waals surface area contributed by atoms with Crippen LogP contribution in [-0.2, 0) is 23.2 Å². The molecule has 2 atom stereocenters. The zero-order valence-corrected chi connectivity index (χ0v) is 26.1. The number of ether oxygens (including phenoxy) is 2. The van der Waals surface area contributed by atoms with Gasteiger partial charge in [-0.05, 0) is 73.9 Å². The SMILES string of the molecule is CCCCCCCCCCCCC(C#N)(CCCC(CCc1cccc(Cl)c1)N=NC)c1ccc2c(c1)COCO2. The summed E-state index contributed by atoms with van der Waals surface area (Å²) in [5.41, 5.74) is 2.83. The van der Waals surface area contributed by atoms with Crippen molar-refractivity contribution >= 4 is 11.6 Å². The zero-order chi connectivity index (χ0) is 29.2. The Kier molecular flexibility index (Phi) is 15.3. The number of rotatable bonds is 20. The van der Waals surface area contributed by atoms with Crippen molar-refractivity contribution in [3.63, 3.8) is 0 Å². The van der Waals surface area contributed by atoms with E-state index in [0.29, 0.717) is 6.61 Å². The lowest BCUT2D eigenvalue weighted by Gasteiger charge is -2.29. The van der Waals surface area contributed by atoms with Gasteiger partial charge in [-0.25, -0.2) is 0 Å². The van der Waals surface area contributed by atoms with Crippen LogP contribution in [0.25, 0.3) is 0 Å². The number of fused-ring (bicyclic) bond motifs is 1. The van der Waals surface area contributed by atoms with Gasteiger partial charge in [-0.3, -0.25) is 0 Å². The van der Waals surface area contributed by atoms with Gasteiger partial charge < -0.3 is 9.47 Å². The second kappa shape index (κ2) is 18.9. The van der Waals surface area contributed by atoms with Gasteiger partial charge in [0.05, 0.1) is 24.1 Å². The van der Waals surface area contributed by atoms with Crippen LogP contribution in [0.3, 0.4) is 0 Å². The topological polar surface area (TPSA) is 67.0 Å². The first-order valence-corrected chi connectivity index (χ1v) is 16.3. The van der Waals surface area contributed by atoms with E-state index in [4.69, 9.17) is 21.1 Å². The van der Waals surface area contributed by atoms with E-state index in [2.05, 4.69) is 41.4 Å². The highest BCUT2D eigenvalue weighted by atomic mass is 35.5. The van der Waals surface area contributed by atoms with Crippen LogP contribution in [0.5, 0.6) is 5.75 Å². The number of halogens is 1. The first kappa shape index (κ1) is 33.1. The molecule has 1 heterocycles. The fraction of sp³-hybridized carbons (Fsp3) is 0.629. The molecule has 2 unspecified atom stereocenters. The lowest BCUT2D eigenvalue weighted by atomic mass is 9.73. The molecule has 5 nitrogen and oxygen atoms in total. The fourth-order valence-corrected chi connectivity index (χ4v) is 6.19. The number of unbranched alkanes of at least 4 members (excludes halogenated alkanes) is 9. The number of benzene rings is 2. The highest BCUT2D eigenvalue weighted by molar-refractivity contribution is 6.30. The second-order valence-corrected chi connectivity index (χ2v) is 12.0. The minimum atomic E-state index is -0.520. The molecule has 1 aliphatic heterocycles. The molecule has 0 spiro atoms. The summed E-state index contributed by atoms with van der Waals surface area (Å²) >= 11 is 6.19. The summed E-state index contributed by atoms with van der Waals surface area (Å²) in [4.78, 5) is 0. The highest BCUT2D eigenvalue weighted by Gasteiger charge is 2.33. The van der Waals surface area contributed by atoms with Gasteiger partial charge in [0.2, 0.25) is 0 Å². The van der Waals surface area contributed by atoms with E-state index >= 15 is 0 Å². The maximum absolute atomic E-state index is 10.7. The minimum Gasteiger partial charge on any atom is -0.467 e. The average Bonchev–Trinajstić information content (AvgIpc) is 2.99. The molecule has 3 rings (SSSR count). The molecule has 0 N–H and O–H groups in total. The molecule has 0 aliphatic carbocycles. The Morgan fingerprint density at radius 3 is 2.37 bits per heavy atom. The van der Waals surface area contributed by atoms with E-state index in [-0.39, 0.29) is 12.8 Å². The zero-order valence-electron chi connectivity index (χ0n) is 25.4. The van der Waals surface area contributed by atoms with E-state index < -0.39 is 5.41 Å². The maximum atomic E-state index is 10.7. The molecule has 0 bridgehead atoms. The number of azo groups is 1. The van der Waals surface area contributed by atoms with Crippen molar-refractivity contribution in [2.75, 3.05) is 13.8 Å². The second-order valence-electron chi connectivity index (χ2n) is 11.6. The Balaban J connectivity index is 1.59. The molecule has 2 aromatic carbocycles. The molecule has 0 saturated heterocycles. The van der Waals surface area contributed by atoms with E-state index in [0.717, 1.165) is 66.8 Å². The number of nitrogens with zero attached hydrogens (tertiary/aromatic N) is 3. The molecule has 224 valence electrons. The van der Waals surface area contributed by atoms with Gasteiger partial charge in [-0.1, -0.05) is 101 Å².